The Kier molecular flexibility index (Phi) is 5.47. The van der Waals surface area contributed by atoms with E-state index in [9.17, 15) is 9.18 Å². The van der Waals surface area contributed by atoms with Crippen LogP contribution in [0.5, 0.6) is 0 Å². The number of thioether (sulfide) groups is 1. The van der Waals surface area contributed by atoms with E-state index in [2.05, 4.69) is 10.3 Å². The number of rotatable bonds is 6. The average molecular weight is 350 g/mol. The van der Waals surface area contributed by atoms with Gasteiger partial charge in [-0.25, -0.2) is 9.07 Å². The number of halogens is 1. The molecule has 0 bridgehead atoms. The van der Waals surface area contributed by atoms with Crippen molar-refractivity contribution >= 4 is 17.7 Å². The summed E-state index contributed by atoms with van der Waals surface area (Å²) in [5.41, 5.74) is 0.786. The van der Waals surface area contributed by atoms with Gasteiger partial charge in [-0.2, -0.15) is 0 Å². The molecule has 0 unspecified atom stereocenters. The molecule has 128 valence electrons. The predicted molar refractivity (Wildman–Crippen MR) is 88.1 cm³/mol. The van der Waals surface area contributed by atoms with Gasteiger partial charge in [-0.15, -0.1) is 16.9 Å². The van der Waals surface area contributed by atoms with Crippen LogP contribution >= 0.6 is 11.8 Å². The normalized spacial score (nSPS) is 17.4. The van der Waals surface area contributed by atoms with Crippen molar-refractivity contribution < 1.29 is 13.9 Å². The molecule has 3 rings (SSSR count). The van der Waals surface area contributed by atoms with Crippen molar-refractivity contribution in [3.8, 4) is 0 Å². The second kappa shape index (κ2) is 7.76. The number of carbonyl (C=O) groups is 1. The predicted octanol–water partition coefficient (Wildman–Crippen LogP) is 2.13. The molecule has 0 radical (unpaired) electrons. The lowest BCUT2D eigenvalue weighted by molar-refractivity contribution is -0.127. The van der Waals surface area contributed by atoms with Crippen molar-refractivity contribution in [2.45, 2.75) is 24.0 Å². The molecule has 0 aliphatic carbocycles. The Hall–Kier alpha value is -1.93. The van der Waals surface area contributed by atoms with Gasteiger partial charge in [0.05, 0.1) is 24.6 Å². The highest BCUT2D eigenvalue weighted by molar-refractivity contribution is 8.00. The first-order chi connectivity index (χ1) is 11.7. The van der Waals surface area contributed by atoms with E-state index in [-0.39, 0.29) is 17.8 Å². The van der Waals surface area contributed by atoms with E-state index in [4.69, 9.17) is 4.74 Å². The second-order valence-electron chi connectivity index (χ2n) is 5.65. The van der Waals surface area contributed by atoms with E-state index in [1.165, 1.54) is 23.9 Å². The Labute approximate surface area is 144 Å². The SMILES string of the molecule is COCc1cn([C@@H]2CCN(C(=O)CSc3ccc(F)cc3)C2)nn1. The molecule has 1 aliphatic rings. The van der Waals surface area contributed by atoms with Crippen molar-refractivity contribution in [2.75, 3.05) is 26.0 Å². The third kappa shape index (κ3) is 4.12. The molecule has 8 heteroatoms. The quantitative estimate of drug-likeness (QED) is 0.747. The Morgan fingerprint density at radius 3 is 2.96 bits per heavy atom. The molecule has 1 saturated heterocycles. The summed E-state index contributed by atoms with van der Waals surface area (Å²) < 4.78 is 19.7. The molecule has 0 spiro atoms. The maximum atomic E-state index is 12.9. The zero-order chi connectivity index (χ0) is 16.9. The number of amides is 1. The Bertz CT molecular complexity index is 692. The van der Waals surface area contributed by atoms with Crippen LogP contribution in [0.1, 0.15) is 18.2 Å². The van der Waals surface area contributed by atoms with Gasteiger partial charge < -0.3 is 9.64 Å². The summed E-state index contributed by atoms with van der Waals surface area (Å²) in [7, 11) is 1.62. The average Bonchev–Trinajstić information content (AvgIpc) is 3.23. The molecule has 0 saturated carbocycles. The van der Waals surface area contributed by atoms with E-state index in [0.717, 1.165) is 17.0 Å². The van der Waals surface area contributed by atoms with E-state index < -0.39 is 0 Å². The number of nitrogens with zero attached hydrogens (tertiary/aromatic N) is 4. The molecule has 1 amide bonds. The van der Waals surface area contributed by atoms with Crippen molar-refractivity contribution in [3.63, 3.8) is 0 Å². The van der Waals surface area contributed by atoms with Crippen molar-refractivity contribution in [1.29, 1.82) is 0 Å². The highest BCUT2D eigenvalue weighted by Crippen LogP contribution is 2.24. The fourth-order valence-corrected chi connectivity index (χ4v) is 3.46. The standard InChI is InChI=1S/C16H19FN4O2S/c1-23-10-13-8-21(19-18-13)14-6-7-20(9-14)16(22)11-24-15-4-2-12(17)3-5-15/h2-5,8,14H,6-7,9-11H2,1H3/t14-/m1/s1. The van der Waals surface area contributed by atoms with E-state index in [1.54, 1.807) is 19.2 Å². The summed E-state index contributed by atoms with van der Waals surface area (Å²) in [6.45, 7) is 1.79. The zero-order valence-corrected chi connectivity index (χ0v) is 14.2. The van der Waals surface area contributed by atoms with Crippen LogP contribution in [0.3, 0.4) is 0 Å². The molecule has 2 heterocycles. The third-order valence-corrected chi connectivity index (χ3v) is 4.91. The molecule has 2 aromatic rings. The number of methoxy groups -OCH3 is 1. The van der Waals surface area contributed by atoms with Gasteiger partial charge in [0.1, 0.15) is 11.5 Å². The number of hydrogen-bond donors (Lipinski definition) is 0. The highest BCUT2D eigenvalue weighted by atomic mass is 32.2. The number of ether oxygens (including phenoxy) is 1. The molecule has 6 nitrogen and oxygen atoms in total. The third-order valence-electron chi connectivity index (χ3n) is 3.92. The second-order valence-corrected chi connectivity index (χ2v) is 6.70. The number of likely N-dealkylation sites (tertiary alicyclic amines) is 1. The van der Waals surface area contributed by atoms with Gasteiger partial charge in [0.15, 0.2) is 0 Å². The van der Waals surface area contributed by atoms with Crippen LogP contribution in [0.15, 0.2) is 35.4 Å². The Morgan fingerprint density at radius 1 is 1.42 bits per heavy atom. The van der Waals surface area contributed by atoms with Gasteiger partial charge in [-0.3, -0.25) is 4.79 Å². The largest absolute Gasteiger partial charge is 0.378 e. The lowest BCUT2D eigenvalue weighted by Crippen LogP contribution is -2.30. The molecule has 1 aromatic heterocycles. The number of aromatic nitrogens is 3. The summed E-state index contributed by atoms with van der Waals surface area (Å²) in [5.74, 6) is 0.169. The molecule has 1 aliphatic heterocycles. The van der Waals surface area contributed by atoms with E-state index in [1.807, 2.05) is 15.8 Å². The fourth-order valence-electron chi connectivity index (χ4n) is 2.66. The smallest absolute Gasteiger partial charge is 0.233 e. The molecule has 1 atom stereocenters. The van der Waals surface area contributed by atoms with Crippen LogP contribution in [-0.4, -0.2) is 51.8 Å². The van der Waals surface area contributed by atoms with Gasteiger partial charge in [-0.1, -0.05) is 5.21 Å². The minimum absolute atomic E-state index is 0.0871. The van der Waals surface area contributed by atoms with Crippen molar-refractivity contribution in [1.82, 2.24) is 19.9 Å². The van der Waals surface area contributed by atoms with Crippen LogP contribution in [0.4, 0.5) is 4.39 Å². The van der Waals surface area contributed by atoms with E-state index in [0.29, 0.717) is 25.4 Å². The Morgan fingerprint density at radius 2 is 2.21 bits per heavy atom. The number of benzene rings is 1. The monoisotopic (exact) mass is 350 g/mol. The van der Waals surface area contributed by atoms with Gasteiger partial charge in [0.2, 0.25) is 5.91 Å². The summed E-state index contributed by atoms with van der Waals surface area (Å²) >= 11 is 1.42. The summed E-state index contributed by atoms with van der Waals surface area (Å²) in [5, 5.41) is 8.17. The maximum Gasteiger partial charge on any atom is 0.233 e. The first kappa shape index (κ1) is 16.9. The van der Waals surface area contributed by atoms with E-state index >= 15 is 0 Å². The first-order valence-corrected chi connectivity index (χ1v) is 8.70. The van der Waals surface area contributed by atoms with Crippen LogP contribution in [0, 0.1) is 5.82 Å². The van der Waals surface area contributed by atoms with Crippen LogP contribution in [0.25, 0.3) is 0 Å². The van der Waals surface area contributed by atoms with Gasteiger partial charge in [0.25, 0.3) is 0 Å². The highest BCUT2D eigenvalue weighted by Gasteiger charge is 2.28. The van der Waals surface area contributed by atoms with Crippen LogP contribution in [0.2, 0.25) is 0 Å². The lowest BCUT2D eigenvalue weighted by Gasteiger charge is -2.16. The summed E-state index contributed by atoms with van der Waals surface area (Å²) in [4.78, 5) is 15.1. The molecule has 24 heavy (non-hydrogen) atoms. The van der Waals surface area contributed by atoms with Gasteiger partial charge in [-0.05, 0) is 30.7 Å². The fraction of sp³-hybridized carbons (Fsp3) is 0.438. The molecule has 1 fully saturated rings. The molecular weight excluding hydrogens is 331 g/mol. The molecule has 0 N–H and O–H groups in total. The minimum Gasteiger partial charge on any atom is -0.378 e. The van der Waals surface area contributed by atoms with Crippen LogP contribution in [-0.2, 0) is 16.1 Å². The van der Waals surface area contributed by atoms with Crippen LogP contribution < -0.4 is 0 Å². The van der Waals surface area contributed by atoms with Crippen molar-refractivity contribution in [3.05, 3.63) is 42.0 Å². The summed E-state index contributed by atoms with van der Waals surface area (Å²) in [6, 6.07) is 6.34. The lowest BCUT2D eigenvalue weighted by atomic mass is 10.3. The van der Waals surface area contributed by atoms with Gasteiger partial charge >= 0.3 is 0 Å². The minimum atomic E-state index is -0.270. The number of carbonyl (C=O) groups excluding carboxylic acids is 1. The Balaban J connectivity index is 1.50. The topological polar surface area (TPSA) is 60.2 Å². The first-order valence-electron chi connectivity index (χ1n) is 7.71. The summed E-state index contributed by atoms with van der Waals surface area (Å²) in [6.07, 6.45) is 2.73. The van der Waals surface area contributed by atoms with Crippen molar-refractivity contribution in [2.24, 2.45) is 0 Å². The number of hydrogen-bond acceptors (Lipinski definition) is 5. The maximum absolute atomic E-state index is 12.9. The van der Waals surface area contributed by atoms with Gasteiger partial charge in [0, 0.05) is 25.1 Å². The zero-order valence-electron chi connectivity index (χ0n) is 13.4. The molecule has 1 aromatic carbocycles. The molecular formula is C16H19FN4O2S.